The van der Waals surface area contributed by atoms with E-state index in [9.17, 15) is 9.90 Å². The summed E-state index contributed by atoms with van der Waals surface area (Å²) < 4.78 is 3.90. The maximum atomic E-state index is 10.7. The lowest BCUT2D eigenvalue weighted by molar-refractivity contribution is -0.255. The molecular formula is C13H10N3O2S2-. The number of fused-ring (bicyclic) bond motifs is 1. The van der Waals surface area contributed by atoms with Gasteiger partial charge in [0.15, 0.2) is 4.34 Å². The number of benzene rings is 1. The summed E-state index contributed by atoms with van der Waals surface area (Å²) in [6.45, 7) is 0.572. The third kappa shape index (κ3) is 2.54. The van der Waals surface area contributed by atoms with E-state index in [2.05, 4.69) is 16.0 Å². The number of imidazole rings is 1. The summed E-state index contributed by atoms with van der Waals surface area (Å²) in [7, 11) is 0. The van der Waals surface area contributed by atoms with Crippen LogP contribution in [0.4, 0.5) is 0 Å². The number of carbonyl (C=O) groups excluding carboxylic acids is 1. The van der Waals surface area contributed by atoms with Crippen LogP contribution in [0.1, 0.15) is 16.1 Å². The minimum atomic E-state index is -1.26. The number of rotatable bonds is 4. The molecule has 20 heavy (non-hydrogen) atoms. The summed E-state index contributed by atoms with van der Waals surface area (Å²) in [5, 5.41) is 10.7. The van der Waals surface area contributed by atoms with Crippen molar-refractivity contribution in [3.05, 3.63) is 42.0 Å². The van der Waals surface area contributed by atoms with E-state index in [1.807, 2.05) is 18.4 Å². The van der Waals surface area contributed by atoms with E-state index in [1.165, 1.54) is 12.5 Å². The molecule has 1 aromatic carbocycles. The Morgan fingerprint density at radius 1 is 1.50 bits per heavy atom. The van der Waals surface area contributed by atoms with Gasteiger partial charge in [0, 0.05) is 12.7 Å². The smallest absolute Gasteiger partial charge is 0.150 e. The van der Waals surface area contributed by atoms with Crippen molar-refractivity contribution in [1.82, 2.24) is 14.5 Å². The van der Waals surface area contributed by atoms with E-state index in [4.69, 9.17) is 0 Å². The highest BCUT2D eigenvalue weighted by atomic mass is 32.2. The summed E-state index contributed by atoms with van der Waals surface area (Å²) >= 11 is 3.29. The van der Waals surface area contributed by atoms with E-state index >= 15 is 0 Å². The van der Waals surface area contributed by atoms with Gasteiger partial charge < -0.3 is 14.5 Å². The molecular weight excluding hydrogens is 294 g/mol. The van der Waals surface area contributed by atoms with Crippen LogP contribution >= 0.6 is 23.1 Å². The van der Waals surface area contributed by atoms with Crippen molar-refractivity contribution in [1.29, 1.82) is 0 Å². The van der Waals surface area contributed by atoms with E-state index in [0.29, 0.717) is 6.54 Å². The number of hydrogen-bond acceptors (Lipinski definition) is 6. The van der Waals surface area contributed by atoms with E-state index < -0.39 is 5.97 Å². The molecule has 3 aromatic rings. The van der Waals surface area contributed by atoms with Crippen LogP contribution in [0.25, 0.3) is 10.2 Å². The number of thioether (sulfide) groups is 1. The normalized spacial score (nSPS) is 11.1. The first-order valence-electron chi connectivity index (χ1n) is 5.82. The van der Waals surface area contributed by atoms with Gasteiger partial charge in [-0.1, -0.05) is 17.8 Å². The second kappa shape index (κ2) is 5.26. The Balaban J connectivity index is 1.87. The molecule has 2 heterocycles. The predicted molar refractivity (Wildman–Crippen MR) is 77.1 cm³/mol. The highest BCUT2D eigenvalue weighted by Gasteiger charge is 2.05. The van der Waals surface area contributed by atoms with Gasteiger partial charge in [-0.15, -0.1) is 11.3 Å². The Hall–Kier alpha value is -1.86. The monoisotopic (exact) mass is 304 g/mol. The molecule has 3 rings (SSSR count). The van der Waals surface area contributed by atoms with Crippen LogP contribution in [0.2, 0.25) is 0 Å². The van der Waals surface area contributed by atoms with Crippen molar-refractivity contribution in [2.45, 2.75) is 10.9 Å². The summed E-state index contributed by atoms with van der Waals surface area (Å²) in [6, 6.07) is 6.05. The van der Waals surface area contributed by atoms with Crippen LogP contribution in [0.3, 0.4) is 0 Å². The predicted octanol–water partition coefficient (Wildman–Crippen LogP) is 1.63. The first kappa shape index (κ1) is 13.1. The fraction of sp³-hybridized carbons (Fsp3) is 0.154. The second-order valence-electron chi connectivity index (χ2n) is 4.20. The van der Waals surface area contributed by atoms with Gasteiger partial charge in [-0.2, -0.15) is 0 Å². The molecule has 0 unspecified atom stereocenters. The largest absolute Gasteiger partial charge is 0.543 e. The van der Waals surface area contributed by atoms with Crippen molar-refractivity contribution in [2.75, 3.05) is 6.26 Å². The lowest BCUT2D eigenvalue weighted by atomic mass is 10.2. The standard InChI is InChI=1S/C13H11N3O2S2/c1-19-13-15-9-3-2-8(4-11(9)20-13)5-16-6-10(12(17)18)14-7-16/h2-4,6-7H,5H2,1H3,(H,17,18)/p-1. The summed E-state index contributed by atoms with van der Waals surface area (Å²) in [5.41, 5.74) is 2.02. The minimum Gasteiger partial charge on any atom is -0.543 e. The van der Waals surface area contributed by atoms with Gasteiger partial charge in [0.05, 0.1) is 22.5 Å². The van der Waals surface area contributed by atoms with Gasteiger partial charge in [0.25, 0.3) is 0 Å². The Morgan fingerprint density at radius 2 is 2.35 bits per heavy atom. The highest BCUT2D eigenvalue weighted by molar-refractivity contribution is 8.00. The Labute approximate surface area is 123 Å². The SMILES string of the molecule is CSc1nc2ccc(Cn3cnc(C(=O)[O-])c3)cc2s1. The summed E-state index contributed by atoms with van der Waals surface area (Å²) in [4.78, 5) is 18.9. The summed E-state index contributed by atoms with van der Waals surface area (Å²) in [5.74, 6) is -1.26. The molecule has 0 atom stereocenters. The van der Waals surface area contributed by atoms with E-state index in [1.54, 1.807) is 27.7 Å². The number of carboxylic acids is 1. The zero-order chi connectivity index (χ0) is 14.1. The second-order valence-corrected chi connectivity index (χ2v) is 6.29. The topological polar surface area (TPSA) is 70.8 Å². The Kier molecular flexibility index (Phi) is 3.45. The molecule has 0 saturated heterocycles. The molecule has 0 radical (unpaired) electrons. The number of nitrogens with zero attached hydrogens (tertiary/aromatic N) is 3. The van der Waals surface area contributed by atoms with Crippen molar-refractivity contribution in [3.8, 4) is 0 Å². The third-order valence-electron chi connectivity index (χ3n) is 2.82. The number of aromatic nitrogens is 3. The van der Waals surface area contributed by atoms with Gasteiger partial charge in [-0.25, -0.2) is 9.97 Å². The molecule has 0 bridgehead atoms. The molecule has 0 spiro atoms. The Bertz CT molecular complexity index is 779. The molecule has 0 fully saturated rings. The average molecular weight is 304 g/mol. The molecule has 0 aliphatic carbocycles. The number of carboxylic acid groups (broad SMARTS) is 1. The van der Waals surface area contributed by atoms with Crippen LogP contribution in [0.5, 0.6) is 0 Å². The molecule has 0 aliphatic heterocycles. The zero-order valence-electron chi connectivity index (χ0n) is 10.6. The fourth-order valence-electron chi connectivity index (χ4n) is 1.90. The first-order chi connectivity index (χ1) is 9.65. The van der Waals surface area contributed by atoms with Crippen LogP contribution in [0, 0.1) is 0 Å². The first-order valence-corrected chi connectivity index (χ1v) is 7.86. The molecule has 102 valence electrons. The van der Waals surface area contributed by atoms with E-state index in [0.717, 1.165) is 20.1 Å². The van der Waals surface area contributed by atoms with E-state index in [-0.39, 0.29) is 5.69 Å². The maximum Gasteiger partial charge on any atom is 0.150 e. The van der Waals surface area contributed by atoms with Crippen LogP contribution in [-0.4, -0.2) is 26.8 Å². The van der Waals surface area contributed by atoms with Crippen LogP contribution in [-0.2, 0) is 6.54 Å². The van der Waals surface area contributed by atoms with Gasteiger partial charge >= 0.3 is 0 Å². The van der Waals surface area contributed by atoms with Gasteiger partial charge in [-0.3, -0.25) is 0 Å². The summed E-state index contributed by atoms with van der Waals surface area (Å²) in [6.07, 6.45) is 4.97. The lowest BCUT2D eigenvalue weighted by Gasteiger charge is -2.02. The quantitative estimate of drug-likeness (QED) is 0.685. The molecule has 7 heteroatoms. The third-order valence-corrected chi connectivity index (χ3v) is 4.82. The highest BCUT2D eigenvalue weighted by Crippen LogP contribution is 2.28. The lowest BCUT2D eigenvalue weighted by Crippen LogP contribution is -2.22. The molecule has 0 saturated carbocycles. The van der Waals surface area contributed by atoms with Crippen LogP contribution < -0.4 is 5.11 Å². The van der Waals surface area contributed by atoms with Crippen molar-refractivity contribution >= 4 is 39.3 Å². The van der Waals surface area contributed by atoms with Crippen molar-refractivity contribution < 1.29 is 9.90 Å². The number of hydrogen-bond donors (Lipinski definition) is 0. The van der Waals surface area contributed by atoms with Crippen molar-refractivity contribution in [2.24, 2.45) is 0 Å². The van der Waals surface area contributed by atoms with Crippen LogP contribution in [0.15, 0.2) is 35.1 Å². The minimum absolute atomic E-state index is 0.0477. The van der Waals surface area contributed by atoms with Gasteiger partial charge in [0.1, 0.15) is 5.69 Å². The molecule has 0 aliphatic rings. The van der Waals surface area contributed by atoms with Crippen molar-refractivity contribution in [3.63, 3.8) is 0 Å². The number of thiazole rings is 1. The Morgan fingerprint density at radius 3 is 3.05 bits per heavy atom. The molecule has 0 amide bonds. The number of aromatic carboxylic acids is 1. The molecule has 0 N–H and O–H groups in total. The zero-order valence-corrected chi connectivity index (χ0v) is 12.2. The number of carbonyl (C=O) groups is 1. The molecule has 5 nitrogen and oxygen atoms in total. The average Bonchev–Trinajstić information content (AvgIpc) is 3.04. The van der Waals surface area contributed by atoms with Gasteiger partial charge in [0.2, 0.25) is 0 Å². The van der Waals surface area contributed by atoms with Gasteiger partial charge in [-0.05, 0) is 24.0 Å². The fourth-order valence-corrected chi connectivity index (χ4v) is 3.45. The molecule has 2 aromatic heterocycles. The maximum absolute atomic E-state index is 10.7.